The minimum Gasteiger partial charge on any atom is -0.460 e. The van der Waals surface area contributed by atoms with Crippen LogP contribution in [0.15, 0.2) is 30.3 Å². The molecule has 0 saturated heterocycles. The van der Waals surface area contributed by atoms with Gasteiger partial charge in [0.1, 0.15) is 6.61 Å². The zero-order valence-corrected chi connectivity index (χ0v) is 12.0. The molecule has 2 rings (SSSR count). The summed E-state index contributed by atoms with van der Waals surface area (Å²) in [5.41, 5.74) is 6.41. The van der Waals surface area contributed by atoms with Crippen LogP contribution in [0.1, 0.15) is 37.7 Å². The van der Waals surface area contributed by atoms with Gasteiger partial charge in [0, 0.05) is 6.54 Å². The average molecular weight is 284 g/mol. The van der Waals surface area contributed by atoms with E-state index in [4.69, 9.17) is 10.5 Å². The molecule has 0 aliphatic heterocycles. The van der Waals surface area contributed by atoms with Gasteiger partial charge < -0.3 is 10.5 Å². The molecule has 0 bridgehead atoms. The summed E-state index contributed by atoms with van der Waals surface area (Å²) in [5, 5.41) is 0. The lowest BCUT2D eigenvalue weighted by Gasteiger charge is -2.33. The second-order valence-electron chi connectivity index (χ2n) is 5.11. The van der Waals surface area contributed by atoms with Gasteiger partial charge in [-0.15, -0.1) is 12.4 Å². The van der Waals surface area contributed by atoms with Crippen molar-refractivity contribution in [3.8, 4) is 0 Å². The van der Waals surface area contributed by atoms with Crippen LogP contribution in [-0.4, -0.2) is 12.5 Å². The molecule has 0 atom stereocenters. The van der Waals surface area contributed by atoms with Gasteiger partial charge in [-0.25, -0.2) is 0 Å². The van der Waals surface area contributed by atoms with Crippen LogP contribution < -0.4 is 5.73 Å². The zero-order chi connectivity index (χ0) is 12.8. The molecule has 4 heteroatoms. The van der Waals surface area contributed by atoms with E-state index in [-0.39, 0.29) is 18.4 Å². The highest BCUT2D eigenvalue weighted by Crippen LogP contribution is 2.36. The number of rotatable bonds is 4. The summed E-state index contributed by atoms with van der Waals surface area (Å²) >= 11 is 0. The van der Waals surface area contributed by atoms with E-state index in [1.165, 1.54) is 6.42 Å². The lowest BCUT2D eigenvalue weighted by molar-refractivity contribution is -0.158. The summed E-state index contributed by atoms with van der Waals surface area (Å²) in [4.78, 5) is 12.2. The SMILES string of the molecule is Cl.NCC1(C(=O)OCc2ccccc2)CCCCC1. The molecular formula is C15H22ClNO2. The summed E-state index contributed by atoms with van der Waals surface area (Å²) in [7, 11) is 0. The van der Waals surface area contributed by atoms with Crippen LogP contribution in [0.2, 0.25) is 0 Å². The number of carbonyl (C=O) groups is 1. The minimum absolute atomic E-state index is 0. The molecule has 1 aliphatic carbocycles. The molecule has 0 amide bonds. The third kappa shape index (κ3) is 3.95. The fourth-order valence-corrected chi connectivity index (χ4v) is 2.60. The van der Waals surface area contributed by atoms with E-state index in [1.807, 2.05) is 30.3 Å². The van der Waals surface area contributed by atoms with Crippen LogP contribution in [0.25, 0.3) is 0 Å². The maximum absolute atomic E-state index is 12.2. The van der Waals surface area contributed by atoms with Gasteiger partial charge in [-0.05, 0) is 18.4 Å². The van der Waals surface area contributed by atoms with Gasteiger partial charge in [0.2, 0.25) is 0 Å². The van der Waals surface area contributed by atoms with Gasteiger partial charge in [0.15, 0.2) is 0 Å². The molecule has 1 aromatic rings. The molecule has 19 heavy (non-hydrogen) atoms. The van der Waals surface area contributed by atoms with E-state index in [0.29, 0.717) is 13.2 Å². The number of hydrogen-bond donors (Lipinski definition) is 1. The Morgan fingerprint density at radius 1 is 1.16 bits per heavy atom. The van der Waals surface area contributed by atoms with Crippen LogP contribution in [0.4, 0.5) is 0 Å². The molecule has 1 saturated carbocycles. The standard InChI is InChI=1S/C15H21NO2.ClH/c16-12-15(9-5-2-6-10-15)14(17)18-11-13-7-3-1-4-8-13;/h1,3-4,7-8H,2,5-6,9-12,16H2;1H. The summed E-state index contributed by atoms with van der Waals surface area (Å²) < 4.78 is 5.44. The molecule has 0 heterocycles. The number of halogens is 1. The molecule has 0 unspecified atom stereocenters. The van der Waals surface area contributed by atoms with Crippen molar-refractivity contribution in [2.75, 3.05) is 6.54 Å². The first-order chi connectivity index (χ1) is 8.77. The van der Waals surface area contributed by atoms with Crippen LogP contribution in [0.5, 0.6) is 0 Å². The average Bonchev–Trinajstić information content (AvgIpc) is 2.46. The Labute approximate surface area is 120 Å². The van der Waals surface area contributed by atoms with E-state index in [9.17, 15) is 4.79 Å². The van der Waals surface area contributed by atoms with Crippen LogP contribution >= 0.6 is 12.4 Å². The van der Waals surface area contributed by atoms with Crippen molar-refractivity contribution in [2.24, 2.45) is 11.1 Å². The van der Waals surface area contributed by atoms with Gasteiger partial charge >= 0.3 is 5.97 Å². The summed E-state index contributed by atoms with van der Waals surface area (Å²) in [6.07, 6.45) is 5.11. The molecule has 2 N–H and O–H groups in total. The van der Waals surface area contributed by atoms with Crippen molar-refractivity contribution in [3.05, 3.63) is 35.9 Å². The molecule has 1 aliphatic rings. The first-order valence-corrected chi connectivity index (χ1v) is 6.68. The van der Waals surface area contributed by atoms with E-state index in [0.717, 1.165) is 31.2 Å². The molecular weight excluding hydrogens is 262 g/mol. The van der Waals surface area contributed by atoms with Crippen molar-refractivity contribution < 1.29 is 9.53 Å². The number of carbonyl (C=O) groups excluding carboxylic acids is 1. The molecule has 0 spiro atoms. The molecule has 106 valence electrons. The number of ether oxygens (including phenoxy) is 1. The lowest BCUT2D eigenvalue weighted by atomic mass is 9.74. The predicted octanol–water partition coefficient (Wildman–Crippen LogP) is 3.06. The first-order valence-electron chi connectivity index (χ1n) is 6.68. The molecule has 3 nitrogen and oxygen atoms in total. The van der Waals surface area contributed by atoms with Crippen molar-refractivity contribution in [3.63, 3.8) is 0 Å². The van der Waals surface area contributed by atoms with Crippen molar-refractivity contribution in [1.82, 2.24) is 0 Å². The zero-order valence-electron chi connectivity index (χ0n) is 11.1. The van der Waals surface area contributed by atoms with Gasteiger partial charge in [0.25, 0.3) is 0 Å². The fourth-order valence-electron chi connectivity index (χ4n) is 2.60. The maximum atomic E-state index is 12.2. The normalized spacial score (nSPS) is 17.3. The number of nitrogens with two attached hydrogens (primary N) is 1. The Hall–Kier alpha value is -1.06. The smallest absolute Gasteiger partial charge is 0.313 e. The Bertz CT molecular complexity index is 388. The van der Waals surface area contributed by atoms with Gasteiger partial charge in [-0.2, -0.15) is 0 Å². The van der Waals surface area contributed by atoms with E-state index in [2.05, 4.69) is 0 Å². The third-order valence-corrected chi connectivity index (χ3v) is 3.85. The van der Waals surface area contributed by atoms with Crippen LogP contribution in [-0.2, 0) is 16.1 Å². The highest BCUT2D eigenvalue weighted by atomic mass is 35.5. The largest absolute Gasteiger partial charge is 0.460 e. The third-order valence-electron chi connectivity index (χ3n) is 3.85. The minimum atomic E-state index is -0.424. The highest BCUT2D eigenvalue weighted by molar-refractivity contribution is 5.85. The monoisotopic (exact) mass is 283 g/mol. The summed E-state index contributed by atoms with van der Waals surface area (Å²) in [6.45, 7) is 0.752. The van der Waals surface area contributed by atoms with Crippen molar-refractivity contribution >= 4 is 18.4 Å². The van der Waals surface area contributed by atoms with E-state index in [1.54, 1.807) is 0 Å². The van der Waals surface area contributed by atoms with Gasteiger partial charge in [-0.3, -0.25) is 4.79 Å². The number of esters is 1. The summed E-state index contributed by atoms with van der Waals surface area (Å²) in [5.74, 6) is -0.117. The van der Waals surface area contributed by atoms with Crippen molar-refractivity contribution in [2.45, 2.75) is 38.7 Å². The highest BCUT2D eigenvalue weighted by Gasteiger charge is 2.39. The van der Waals surface area contributed by atoms with Crippen molar-refractivity contribution in [1.29, 1.82) is 0 Å². The lowest BCUT2D eigenvalue weighted by Crippen LogP contribution is -2.41. The maximum Gasteiger partial charge on any atom is 0.313 e. The molecule has 0 aromatic heterocycles. The number of benzene rings is 1. The van der Waals surface area contributed by atoms with Crippen LogP contribution in [0, 0.1) is 5.41 Å². The Balaban J connectivity index is 0.00000180. The summed E-state index contributed by atoms with van der Waals surface area (Å²) in [6, 6.07) is 9.77. The second kappa shape index (κ2) is 7.51. The van der Waals surface area contributed by atoms with E-state index >= 15 is 0 Å². The Morgan fingerprint density at radius 2 is 1.79 bits per heavy atom. The van der Waals surface area contributed by atoms with Crippen LogP contribution in [0.3, 0.4) is 0 Å². The predicted molar refractivity (Wildman–Crippen MR) is 78.1 cm³/mol. The number of hydrogen-bond acceptors (Lipinski definition) is 3. The molecule has 1 fully saturated rings. The Kier molecular flexibility index (Phi) is 6.32. The van der Waals surface area contributed by atoms with E-state index < -0.39 is 5.41 Å². The van der Waals surface area contributed by atoms with Gasteiger partial charge in [0.05, 0.1) is 5.41 Å². The fraction of sp³-hybridized carbons (Fsp3) is 0.533. The second-order valence-corrected chi connectivity index (χ2v) is 5.11. The molecule has 0 radical (unpaired) electrons. The van der Waals surface area contributed by atoms with Gasteiger partial charge in [-0.1, -0.05) is 49.6 Å². The Morgan fingerprint density at radius 3 is 2.37 bits per heavy atom. The quantitative estimate of drug-likeness (QED) is 0.864. The topological polar surface area (TPSA) is 52.3 Å². The molecule has 1 aromatic carbocycles. The first kappa shape index (κ1) is 16.0.